The van der Waals surface area contributed by atoms with Gasteiger partial charge in [-0.3, -0.25) is 4.79 Å². The molecule has 0 aliphatic carbocycles. The molecule has 0 radical (unpaired) electrons. The molecule has 1 aliphatic rings. The van der Waals surface area contributed by atoms with Crippen LogP contribution < -0.4 is 11.1 Å². The third-order valence-electron chi connectivity index (χ3n) is 5.74. The fourth-order valence-electron chi connectivity index (χ4n) is 3.92. The van der Waals surface area contributed by atoms with Crippen LogP contribution in [0.2, 0.25) is 5.02 Å². The van der Waals surface area contributed by atoms with Crippen molar-refractivity contribution in [2.45, 2.75) is 58.3 Å². The number of β-amino-alcohol motifs (C(OH)–C–C–N with tert-alkyl or cyclic N) is 1. The van der Waals surface area contributed by atoms with E-state index in [4.69, 9.17) is 37.1 Å². The average molecular weight is 514 g/mol. The Balaban J connectivity index is 0.000000466. The average Bonchev–Trinajstić information content (AvgIpc) is 3.16. The second kappa shape index (κ2) is 12.0. The van der Waals surface area contributed by atoms with Crippen molar-refractivity contribution >= 4 is 40.1 Å². The van der Waals surface area contributed by atoms with Gasteiger partial charge < -0.3 is 40.8 Å². The number of nitrogens with one attached hydrogen (secondary N) is 1. The van der Waals surface area contributed by atoms with Crippen LogP contribution in [0.15, 0.2) is 16.5 Å². The summed E-state index contributed by atoms with van der Waals surface area (Å²) >= 11 is 6.19. The van der Waals surface area contributed by atoms with Crippen molar-refractivity contribution in [3.8, 4) is 0 Å². The smallest absolute Gasteiger partial charge is 0.335 e. The molecule has 0 spiro atoms. The standard InChI is InChI=1S/C20H28ClN3O3.C4H8O4/c1-12-8-14-17(22)16(21)9-15(18(14)27-12)19(25)23-10-13-4-6-24(7-5-13)11-20(2,3)26;1-2(5)3(6)4(7)8/h8-9,13,26H,4-7,10-11,22H2,1-3H3,(H,23,25);2-3,5-6H,1H3,(H,7,8). The largest absolute Gasteiger partial charge is 0.479 e. The van der Waals surface area contributed by atoms with Crippen LogP contribution in [0.3, 0.4) is 0 Å². The van der Waals surface area contributed by atoms with Crippen LogP contribution in [-0.2, 0) is 4.79 Å². The fraction of sp³-hybridized carbons (Fsp3) is 0.583. The number of nitrogens with zero attached hydrogens (tertiary/aromatic N) is 1. The van der Waals surface area contributed by atoms with Crippen LogP contribution in [-0.4, -0.2) is 81.2 Å². The number of carbonyl (C=O) groups excluding carboxylic acids is 1. The number of carboxylic acid groups (broad SMARTS) is 1. The van der Waals surface area contributed by atoms with Gasteiger partial charge in [0, 0.05) is 18.5 Å². The number of likely N-dealkylation sites (tertiary alicyclic amines) is 1. The van der Waals surface area contributed by atoms with Gasteiger partial charge in [-0.05, 0) is 71.7 Å². The summed E-state index contributed by atoms with van der Waals surface area (Å²) in [7, 11) is 0. The highest BCUT2D eigenvalue weighted by Gasteiger charge is 2.25. The van der Waals surface area contributed by atoms with Gasteiger partial charge in [0.05, 0.1) is 28.0 Å². The third-order valence-corrected chi connectivity index (χ3v) is 6.05. The molecule has 11 heteroatoms. The minimum Gasteiger partial charge on any atom is -0.479 e. The highest BCUT2D eigenvalue weighted by molar-refractivity contribution is 6.35. The molecule has 1 fully saturated rings. The minimum absolute atomic E-state index is 0.199. The number of hydrogen-bond donors (Lipinski definition) is 6. The van der Waals surface area contributed by atoms with E-state index in [1.54, 1.807) is 12.1 Å². The number of piperidine rings is 1. The Hall–Kier alpha value is -2.37. The number of furan rings is 1. The van der Waals surface area contributed by atoms with E-state index in [2.05, 4.69) is 10.2 Å². The molecule has 196 valence electrons. The number of carboxylic acids is 1. The van der Waals surface area contributed by atoms with Gasteiger partial charge in [-0.1, -0.05) is 11.6 Å². The molecule has 1 aromatic carbocycles. The second-order valence-electron chi connectivity index (χ2n) is 9.69. The molecule has 2 heterocycles. The first kappa shape index (κ1) is 28.9. The first-order chi connectivity index (χ1) is 16.2. The van der Waals surface area contributed by atoms with Crippen molar-refractivity contribution in [1.82, 2.24) is 10.2 Å². The summed E-state index contributed by atoms with van der Waals surface area (Å²) in [6.45, 7) is 9.82. The van der Waals surface area contributed by atoms with Crippen molar-refractivity contribution in [2.24, 2.45) is 5.92 Å². The van der Waals surface area contributed by atoms with Crippen molar-refractivity contribution in [1.29, 1.82) is 0 Å². The van der Waals surface area contributed by atoms with Gasteiger partial charge in [-0.25, -0.2) is 4.79 Å². The van der Waals surface area contributed by atoms with Crippen molar-refractivity contribution in [2.75, 3.05) is 31.9 Å². The lowest BCUT2D eigenvalue weighted by Crippen LogP contribution is -2.44. The normalized spacial score (nSPS) is 16.9. The molecule has 1 saturated heterocycles. The zero-order valence-electron chi connectivity index (χ0n) is 20.5. The monoisotopic (exact) mass is 513 g/mol. The number of amides is 1. The first-order valence-electron chi connectivity index (χ1n) is 11.5. The number of halogens is 1. The number of aliphatic hydroxyl groups is 3. The number of carbonyl (C=O) groups is 2. The second-order valence-corrected chi connectivity index (χ2v) is 10.1. The Bertz CT molecular complexity index is 1020. The lowest BCUT2D eigenvalue weighted by molar-refractivity contribution is -0.151. The Morgan fingerprint density at radius 3 is 2.37 bits per heavy atom. The summed E-state index contributed by atoms with van der Waals surface area (Å²) in [5.41, 5.74) is 6.65. The van der Waals surface area contributed by atoms with E-state index in [0.717, 1.165) is 25.9 Å². The molecule has 2 unspecified atom stereocenters. The maximum absolute atomic E-state index is 12.7. The minimum atomic E-state index is -1.66. The van der Waals surface area contributed by atoms with Gasteiger partial charge in [0.2, 0.25) is 0 Å². The lowest BCUT2D eigenvalue weighted by atomic mass is 9.95. The summed E-state index contributed by atoms with van der Waals surface area (Å²) < 4.78 is 5.68. The molecule has 0 bridgehead atoms. The molecule has 1 amide bonds. The molecule has 1 aromatic heterocycles. The van der Waals surface area contributed by atoms with E-state index < -0.39 is 23.8 Å². The summed E-state index contributed by atoms with van der Waals surface area (Å²) in [4.78, 5) is 24.7. The number of nitrogens with two attached hydrogens (primary N) is 1. The number of aliphatic carboxylic acids is 1. The Kier molecular flexibility index (Phi) is 9.94. The lowest BCUT2D eigenvalue weighted by Gasteiger charge is -2.35. The maximum Gasteiger partial charge on any atom is 0.335 e. The third kappa shape index (κ3) is 8.36. The van der Waals surface area contributed by atoms with E-state index >= 15 is 0 Å². The van der Waals surface area contributed by atoms with Crippen LogP contribution in [0.5, 0.6) is 0 Å². The van der Waals surface area contributed by atoms with E-state index in [1.807, 2.05) is 20.8 Å². The predicted octanol–water partition coefficient (Wildman–Crippen LogP) is 2.00. The molecule has 0 saturated carbocycles. The molecular formula is C24H36ClN3O7. The highest BCUT2D eigenvalue weighted by atomic mass is 35.5. The number of aryl methyl sites for hydroxylation is 1. The summed E-state index contributed by atoms with van der Waals surface area (Å²) in [5, 5.41) is 38.6. The number of nitrogen functional groups attached to an aromatic ring is 1. The summed E-state index contributed by atoms with van der Waals surface area (Å²) in [5.74, 6) is -0.493. The number of fused-ring (bicyclic) bond motifs is 1. The number of aliphatic hydroxyl groups excluding tert-OH is 2. The predicted molar refractivity (Wildman–Crippen MR) is 133 cm³/mol. The van der Waals surface area contributed by atoms with Crippen LogP contribution in [0.4, 0.5) is 5.69 Å². The summed E-state index contributed by atoms with van der Waals surface area (Å²) in [6.07, 6.45) is -0.870. The molecule has 35 heavy (non-hydrogen) atoms. The molecule has 2 atom stereocenters. The van der Waals surface area contributed by atoms with Crippen molar-refractivity contribution in [3.63, 3.8) is 0 Å². The van der Waals surface area contributed by atoms with Gasteiger partial charge in [-0.15, -0.1) is 0 Å². The number of anilines is 1. The zero-order chi connectivity index (χ0) is 26.5. The van der Waals surface area contributed by atoms with Gasteiger partial charge in [0.15, 0.2) is 6.10 Å². The highest BCUT2D eigenvalue weighted by Crippen LogP contribution is 2.34. The van der Waals surface area contributed by atoms with Gasteiger partial charge >= 0.3 is 5.97 Å². The number of rotatable bonds is 7. The Morgan fingerprint density at radius 1 is 1.29 bits per heavy atom. The van der Waals surface area contributed by atoms with E-state index in [0.29, 0.717) is 52.0 Å². The van der Waals surface area contributed by atoms with Crippen LogP contribution in [0.1, 0.15) is 49.7 Å². The summed E-state index contributed by atoms with van der Waals surface area (Å²) in [6, 6.07) is 3.37. The molecule has 1 aliphatic heterocycles. The van der Waals surface area contributed by atoms with E-state index in [9.17, 15) is 14.7 Å². The SMILES string of the molecule is CC(O)C(O)C(=O)O.Cc1cc2c(N)c(Cl)cc(C(=O)NCC3CCN(CC(C)(C)O)CC3)c2o1. The van der Waals surface area contributed by atoms with Gasteiger partial charge in [0.1, 0.15) is 11.3 Å². The first-order valence-corrected chi connectivity index (χ1v) is 11.9. The van der Waals surface area contributed by atoms with Gasteiger partial charge in [-0.2, -0.15) is 0 Å². The Labute approximate surface area is 209 Å². The fourth-order valence-corrected chi connectivity index (χ4v) is 4.13. The van der Waals surface area contributed by atoms with Crippen molar-refractivity contribution in [3.05, 3.63) is 28.5 Å². The maximum atomic E-state index is 12.7. The molecule has 3 rings (SSSR count). The quantitative estimate of drug-likeness (QED) is 0.303. The number of hydrogen-bond acceptors (Lipinski definition) is 8. The van der Waals surface area contributed by atoms with Crippen LogP contribution in [0.25, 0.3) is 11.0 Å². The topological polar surface area (TPSA) is 169 Å². The molecule has 2 aromatic rings. The zero-order valence-corrected chi connectivity index (χ0v) is 21.3. The van der Waals surface area contributed by atoms with E-state index in [-0.39, 0.29) is 5.91 Å². The molecule has 10 nitrogen and oxygen atoms in total. The van der Waals surface area contributed by atoms with Gasteiger partial charge in [0.25, 0.3) is 5.91 Å². The number of benzene rings is 1. The Morgan fingerprint density at radius 2 is 1.89 bits per heavy atom. The van der Waals surface area contributed by atoms with Crippen molar-refractivity contribution < 1.29 is 34.4 Å². The molecule has 7 N–H and O–H groups in total. The van der Waals surface area contributed by atoms with Crippen LogP contribution >= 0.6 is 11.6 Å². The van der Waals surface area contributed by atoms with Crippen LogP contribution in [0, 0.1) is 12.8 Å². The molecular weight excluding hydrogens is 478 g/mol. The van der Waals surface area contributed by atoms with E-state index in [1.165, 1.54) is 6.92 Å².